The Balaban J connectivity index is 1.67. The number of anilines is 1. The molecule has 0 aliphatic heterocycles. The van der Waals surface area contributed by atoms with Crippen LogP contribution in [0.15, 0.2) is 49.1 Å². The fourth-order valence-electron chi connectivity index (χ4n) is 2.89. The second-order valence-electron chi connectivity index (χ2n) is 5.15. The van der Waals surface area contributed by atoms with Crippen molar-refractivity contribution in [3.05, 3.63) is 63.8 Å². The van der Waals surface area contributed by atoms with E-state index in [1.54, 1.807) is 17.5 Å². The maximum atomic E-state index is 6.14. The Bertz CT molecular complexity index is 764. The van der Waals surface area contributed by atoms with Gasteiger partial charge in [-0.25, -0.2) is 4.98 Å². The number of benzene rings is 1. The maximum Gasteiger partial charge on any atom is 0.0992 e. The summed E-state index contributed by atoms with van der Waals surface area (Å²) in [5.41, 5.74) is 3.59. The van der Waals surface area contributed by atoms with Gasteiger partial charge in [0.25, 0.3) is 0 Å². The number of hydrogen-bond donors (Lipinski definition) is 1. The molecule has 4 rings (SSSR count). The molecule has 0 radical (unpaired) electrons. The van der Waals surface area contributed by atoms with Crippen LogP contribution in [0.25, 0.3) is 5.69 Å². The third-order valence-electron chi connectivity index (χ3n) is 3.86. The molecular weight excluding hydrogens is 302 g/mol. The Morgan fingerprint density at radius 3 is 3.10 bits per heavy atom. The van der Waals surface area contributed by atoms with E-state index >= 15 is 0 Å². The van der Waals surface area contributed by atoms with Crippen LogP contribution in [-0.2, 0) is 6.42 Å². The van der Waals surface area contributed by atoms with Crippen molar-refractivity contribution in [2.24, 2.45) is 0 Å². The van der Waals surface area contributed by atoms with Crippen LogP contribution in [0, 0.1) is 0 Å². The molecule has 2 aromatic heterocycles. The van der Waals surface area contributed by atoms with Crippen molar-refractivity contribution in [2.45, 2.75) is 18.9 Å². The first kappa shape index (κ1) is 12.9. The Morgan fingerprint density at radius 2 is 2.24 bits per heavy atom. The fraction of sp³-hybridized carbons (Fsp3) is 0.188. The van der Waals surface area contributed by atoms with E-state index in [1.165, 1.54) is 10.4 Å². The van der Waals surface area contributed by atoms with Crippen LogP contribution >= 0.6 is 22.9 Å². The lowest BCUT2D eigenvalue weighted by Crippen LogP contribution is -2.09. The molecule has 1 atom stereocenters. The number of para-hydroxylation sites is 2. The minimum absolute atomic E-state index is 0.341. The van der Waals surface area contributed by atoms with Gasteiger partial charge in [0.05, 0.1) is 28.1 Å². The first-order valence-corrected chi connectivity index (χ1v) is 8.13. The Labute approximate surface area is 132 Å². The summed E-state index contributed by atoms with van der Waals surface area (Å²) in [6, 6.07) is 10.8. The van der Waals surface area contributed by atoms with E-state index in [1.807, 2.05) is 23.2 Å². The van der Waals surface area contributed by atoms with Crippen LogP contribution in [-0.4, -0.2) is 9.55 Å². The van der Waals surface area contributed by atoms with Crippen molar-refractivity contribution in [1.29, 1.82) is 0 Å². The zero-order valence-electron chi connectivity index (χ0n) is 11.3. The predicted molar refractivity (Wildman–Crippen MR) is 87.6 cm³/mol. The van der Waals surface area contributed by atoms with Crippen molar-refractivity contribution >= 4 is 28.6 Å². The molecule has 0 spiro atoms. The second-order valence-corrected chi connectivity index (χ2v) is 6.92. The van der Waals surface area contributed by atoms with Gasteiger partial charge in [-0.2, -0.15) is 0 Å². The van der Waals surface area contributed by atoms with Gasteiger partial charge >= 0.3 is 0 Å². The third-order valence-corrected chi connectivity index (χ3v) is 5.20. The van der Waals surface area contributed by atoms with Gasteiger partial charge in [-0.05, 0) is 36.6 Å². The first-order valence-electron chi connectivity index (χ1n) is 6.93. The molecular formula is C16H14ClN3S. The summed E-state index contributed by atoms with van der Waals surface area (Å²) < 4.78 is 2.91. The molecule has 21 heavy (non-hydrogen) atoms. The second kappa shape index (κ2) is 5.20. The number of hydrogen-bond acceptors (Lipinski definition) is 3. The summed E-state index contributed by atoms with van der Waals surface area (Å²) in [5, 5.41) is 3.67. The normalized spacial score (nSPS) is 16.9. The average molecular weight is 316 g/mol. The molecule has 2 heterocycles. The number of nitrogens with one attached hydrogen (secondary N) is 1. The summed E-state index contributed by atoms with van der Waals surface area (Å²) in [4.78, 5) is 5.54. The highest BCUT2D eigenvalue weighted by Gasteiger charge is 2.25. The van der Waals surface area contributed by atoms with Crippen molar-refractivity contribution < 1.29 is 0 Å². The summed E-state index contributed by atoms with van der Waals surface area (Å²) in [5.74, 6) is 0. The molecule has 0 saturated carbocycles. The summed E-state index contributed by atoms with van der Waals surface area (Å²) in [6.07, 6.45) is 7.81. The minimum Gasteiger partial charge on any atom is -0.376 e. The lowest BCUT2D eigenvalue weighted by molar-refractivity contribution is 0.761. The zero-order chi connectivity index (χ0) is 14.2. The van der Waals surface area contributed by atoms with E-state index in [0.717, 1.165) is 28.6 Å². The standard InChI is InChI=1S/C16H14ClN3S/c17-16-9-11-12(5-6-15(11)21-16)19-13-3-1-2-4-14(13)20-8-7-18-10-20/h1-4,7-10,12,19H,5-6H2. The zero-order valence-corrected chi connectivity index (χ0v) is 12.9. The van der Waals surface area contributed by atoms with Gasteiger partial charge in [0, 0.05) is 17.3 Å². The maximum absolute atomic E-state index is 6.14. The van der Waals surface area contributed by atoms with Crippen LogP contribution in [0.3, 0.4) is 0 Å². The van der Waals surface area contributed by atoms with Crippen molar-refractivity contribution in [1.82, 2.24) is 9.55 Å². The molecule has 3 nitrogen and oxygen atoms in total. The number of aromatic nitrogens is 2. The van der Waals surface area contributed by atoms with Gasteiger partial charge < -0.3 is 9.88 Å². The SMILES string of the molecule is Clc1cc2c(s1)CCC2Nc1ccccc1-n1ccnc1. The van der Waals surface area contributed by atoms with Crippen molar-refractivity contribution in [3.8, 4) is 5.69 Å². The Morgan fingerprint density at radius 1 is 1.33 bits per heavy atom. The average Bonchev–Trinajstić information content (AvgIpc) is 3.18. The predicted octanol–water partition coefficient (Wildman–Crippen LogP) is 4.69. The third kappa shape index (κ3) is 2.34. The molecule has 5 heteroatoms. The Hall–Kier alpha value is -1.78. The summed E-state index contributed by atoms with van der Waals surface area (Å²) >= 11 is 7.84. The van der Waals surface area contributed by atoms with Gasteiger partial charge in [0.15, 0.2) is 0 Å². The molecule has 3 aromatic rings. The molecule has 0 bridgehead atoms. The Kier molecular flexibility index (Phi) is 3.20. The molecule has 0 amide bonds. The monoisotopic (exact) mass is 315 g/mol. The molecule has 1 aliphatic rings. The van der Waals surface area contributed by atoms with Gasteiger partial charge in [0.2, 0.25) is 0 Å². The van der Waals surface area contributed by atoms with Crippen molar-refractivity contribution in [2.75, 3.05) is 5.32 Å². The minimum atomic E-state index is 0.341. The summed E-state index contributed by atoms with van der Waals surface area (Å²) in [6.45, 7) is 0. The van der Waals surface area contributed by atoms with E-state index in [2.05, 4.69) is 34.6 Å². The van der Waals surface area contributed by atoms with Crippen LogP contribution < -0.4 is 5.32 Å². The van der Waals surface area contributed by atoms with Gasteiger partial charge in [0.1, 0.15) is 0 Å². The highest BCUT2D eigenvalue weighted by molar-refractivity contribution is 7.16. The molecule has 1 aliphatic carbocycles. The first-order chi connectivity index (χ1) is 10.3. The smallest absolute Gasteiger partial charge is 0.0992 e. The molecule has 106 valence electrons. The van der Waals surface area contributed by atoms with Crippen LogP contribution in [0.5, 0.6) is 0 Å². The number of imidazole rings is 1. The molecule has 0 fully saturated rings. The summed E-state index contributed by atoms with van der Waals surface area (Å²) in [7, 11) is 0. The highest BCUT2D eigenvalue weighted by Crippen LogP contribution is 2.41. The van der Waals surface area contributed by atoms with Crippen molar-refractivity contribution in [3.63, 3.8) is 0 Å². The molecule has 1 aromatic carbocycles. The molecule has 0 saturated heterocycles. The van der Waals surface area contributed by atoms with Gasteiger partial charge in [-0.3, -0.25) is 0 Å². The van der Waals surface area contributed by atoms with E-state index in [0.29, 0.717) is 6.04 Å². The van der Waals surface area contributed by atoms with E-state index < -0.39 is 0 Å². The molecule has 1 unspecified atom stereocenters. The highest BCUT2D eigenvalue weighted by atomic mass is 35.5. The largest absolute Gasteiger partial charge is 0.376 e. The van der Waals surface area contributed by atoms with Gasteiger partial charge in [-0.15, -0.1) is 11.3 Å². The number of fused-ring (bicyclic) bond motifs is 1. The van der Waals surface area contributed by atoms with E-state index in [9.17, 15) is 0 Å². The van der Waals surface area contributed by atoms with Gasteiger partial charge in [-0.1, -0.05) is 23.7 Å². The number of aryl methyl sites for hydroxylation is 1. The topological polar surface area (TPSA) is 29.9 Å². The van der Waals surface area contributed by atoms with Crippen LogP contribution in [0.4, 0.5) is 5.69 Å². The van der Waals surface area contributed by atoms with E-state index in [4.69, 9.17) is 11.6 Å². The van der Waals surface area contributed by atoms with Crippen LogP contribution in [0.2, 0.25) is 4.34 Å². The quantitative estimate of drug-likeness (QED) is 0.760. The fourth-order valence-corrected chi connectivity index (χ4v) is 4.25. The number of thiophene rings is 1. The number of nitrogens with zero attached hydrogens (tertiary/aromatic N) is 2. The number of halogens is 1. The lowest BCUT2D eigenvalue weighted by Gasteiger charge is -2.18. The number of rotatable bonds is 3. The lowest BCUT2D eigenvalue weighted by atomic mass is 10.1. The molecule has 1 N–H and O–H groups in total. The van der Waals surface area contributed by atoms with E-state index in [-0.39, 0.29) is 0 Å². The van der Waals surface area contributed by atoms with Crippen LogP contribution in [0.1, 0.15) is 22.9 Å².